The molecule has 6 rings (SSSR count). The Morgan fingerprint density at radius 3 is 2.39 bits per heavy atom. The van der Waals surface area contributed by atoms with Crippen molar-refractivity contribution in [2.24, 2.45) is 0 Å². The van der Waals surface area contributed by atoms with Crippen LogP contribution >= 0.6 is 11.6 Å². The fourth-order valence-electron chi connectivity index (χ4n) is 5.90. The number of nitrogens with one attached hydrogen (secondary N) is 1. The van der Waals surface area contributed by atoms with Crippen molar-refractivity contribution < 1.29 is 14.3 Å². The van der Waals surface area contributed by atoms with E-state index in [4.69, 9.17) is 16.3 Å². The van der Waals surface area contributed by atoms with Crippen molar-refractivity contribution in [1.82, 2.24) is 19.9 Å². The molecule has 4 aromatic rings. The molecule has 1 saturated carbocycles. The Morgan fingerprint density at radius 2 is 1.66 bits per heavy atom. The molecule has 0 radical (unpaired) electrons. The molecule has 2 heterocycles. The zero-order chi connectivity index (χ0) is 28.2. The summed E-state index contributed by atoms with van der Waals surface area (Å²) in [5.41, 5.74) is 3.22. The second kappa shape index (κ2) is 11.9. The monoisotopic (exact) mass is 572 g/mol. The maximum Gasteiger partial charge on any atom is 0.250 e. The number of carbonyl (C=O) groups excluding carboxylic acids is 2. The van der Waals surface area contributed by atoms with Crippen LogP contribution in [0.15, 0.2) is 72.8 Å². The van der Waals surface area contributed by atoms with Crippen LogP contribution in [-0.2, 0) is 27.4 Å². The van der Waals surface area contributed by atoms with Gasteiger partial charge >= 0.3 is 0 Å². The molecule has 0 atom stereocenters. The van der Waals surface area contributed by atoms with E-state index in [1.54, 1.807) is 9.58 Å². The van der Waals surface area contributed by atoms with Gasteiger partial charge in [0.05, 0.1) is 18.7 Å². The van der Waals surface area contributed by atoms with Gasteiger partial charge in [-0.1, -0.05) is 53.9 Å². The largest absolute Gasteiger partial charge is 0.378 e. The number of hydrogen-bond acceptors (Lipinski definition) is 6. The summed E-state index contributed by atoms with van der Waals surface area (Å²) in [6.07, 6.45) is 2.89. The predicted octanol–water partition coefficient (Wildman–Crippen LogP) is 4.90. The maximum absolute atomic E-state index is 14.1. The second-order valence-corrected chi connectivity index (χ2v) is 11.1. The van der Waals surface area contributed by atoms with Gasteiger partial charge in [-0.15, -0.1) is 5.10 Å². The van der Waals surface area contributed by atoms with E-state index in [1.165, 1.54) is 0 Å². The highest BCUT2D eigenvalue weighted by atomic mass is 35.5. The summed E-state index contributed by atoms with van der Waals surface area (Å²) in [6, 6.07) is 22.9. The molecule has 1 aliphatic carbocycles. The lowest BCUT2D eigenvalue weighted by atomic mass is 9.92. The SMILES string of the molecule is O=C(Cn1nnc2ccccc21)N(Cc1ccc(Cl)cc1)C1(C(=O)Nc2ccc(N3CCOCC3)cc2)CCCC1. The van der Waals surface area contributed by atoms with Gasteiger partial charge in [0, 0.05) is 36.0 Å². The number of morpholine rings is 1. The lowest BCUT2D eigenvalue weighted by Gasteiger charge is -2.40. The third-order valence-electron chi connectivity index (χ3n) is 8.13. The van der Waals surface area contributed by atoms with Crippen molar-refractivity contribution in [3.63, 3.8) is 0 Å². The first-order chi connectivity index (χ1) is 20.0. The van der Waals surface area contributed by atoms with Crippen LogP contribution in [0, 0.1) is 0 Å². The summed E-state index contributed by atoms with van der Waals surface area (Å²) in [5, 5.41) is 12.2. The Bertz CT molecular complexity index is 1510. The predicted molar refractivity (Wildman–Crippen MR) is 159 cm³/mol. The highest BCUT2D eigenvalue weighted by molar-refractivity contribution is 6.30. The topological polar surface area (TPSA) is 92.6 Å². The summed E-state index contributed by atoms with van der Waals surface area (Å²) >= 11 is 6.14. The van der Waals surface area contributed by atoms with Crippen molar-refractivity contribution in [1.29, 1.82) is 0 Å². The van der Waals surface area contributed by atoms with E-state index in [2.05, 4.69) is 20.5 Å². The number of anilines is 2. The molecule has 9 nitrogen and oxygen atoms in total. The van der Waals surface area contributed by atoms with Gasteiger partial charge in [-0.3, -0.25) is 9.59 Å². The van der Waals surface area contributed by atoms with Crippen LogP contribution in [0.2, 0.25) is 5.02 Å². The summed E-state index contributed by atoms with van der Waals surface area (Å²) in [7, 11) is 0. The first kappa shape index (κ1) is 27.2. The summed E-state index contributed by atoms with van der Waals surface area (Å²) in [4.78, 5) is 32.3. The van der Waals surface area contributed by atoms with E-state index >= 15 is 0 Å². The molecule has 2 amide bonds. The fourth-order valence-corrected chi connectivity index (χ4v) is 6.03. The molecule has 41 heavy (non-hydrogen) atoms. The number of benzene rings is 3. The Balaban J connectivity index is 1.28. The Labute approximate surface area is 244 Å². The molecule has 212 valence electrons. The van der Waals surface area contributed by atoms with Crippen LogP contribution in [-0.4, -0.2) is 63.6 Å². The van der Waals surface area contributed by atoms with Gasteiger partial charge in [-0.2, -0.15) is 0 Å². The number of nitrogens with zero attached hydrogens (tertiary/aromatic N) is 5. The Morgan fingerprint density at radius 1 is 0.951 bits per heavy atom. The van der Waals surface area contributed by atoms with E-state index in [9.17, 15) is 9.59 Å². The van der Waals surface area contributed by atoms with Crippen molar-refractivity contribution in [2.75, 3.05) is 36.5 Å². The average molecular weight is 573 g/mol. The lowest BCUT2D eigenvalue weighted by molar-refractivity contribution is -0.147. The maximum atomic E-state index is 14.1. The second-order valence-electron chi connectivity index (χ2n) is 10.7. The zero-order valence-corrected chi connectivity index (χ0v) is 23.6. The normalized spacial score (nSPS) is 16.6. The third kappa shape index (κ3) is 5.78. The number of halogens is 1. The van der Waals surface area contributed by atoms with Crippen LogP contribution < -0.4 is 10.2 Å². The van der Waals surface area contributed by atoms with Gasteiger partial charge in [0.1, 0.15) is 17.6 Å². The molecule has 0 bridgehead atoms. The number of fused-ring (bicyclic) bond motifs is 1. The molecule has 1 N–H and O–H groups in total. The van der Waals surface area contributed by atoms with Gasteiger partial charge < -0.3 is 19.9 Å². The third-order valence-corrected chi connectivity index (χ3v) is 8.38. The van der Waals surface area contributed by atoms with Crippen LogP contribution in [0.25, 0.3) is 11.0 Å². The molecule has 2 fully saturated rings. The van der Waals surface area contributed by atoms with Crippen LogP contribution in [0.5, 0.6) is 0 Å². The van der Waals surface area contributed by atoms with E-state index in [0.29, 0.717) is 36.8 Å². The van der Waals surface area contributed by atoms with Gasteiger partial charge in [0.15, 0.2) is 0 Å². The number of hydrogen-bond donors (Lipinski definition) is 1. The summed E-state index contributed by atoms with van der Waals surface area (Å²) < 4.78 is 7.07. The molecule has 1 saturated heterocycles. The standard InChI is InChI=1S/C31H33ClN6O3/c32-24-9-7-23(8-10-24)21-37(29(39)22-38-28-6-2-1-5-27(28)34-35-38)31(15-3-4-16-31)30(40)33-25-11-13-26(14-12-25)36-17-19-41-20-18-36/h1-2,5-14H,3-4,15-22H2,(H,33,40). The quantitative estimate of drug-likeness (QED) is 0.323. The van der Waals surface area contributed by atoms with Crippen molar-refractivity contribution in [2.45, 2.75) is 44.3 Å². The van der Waals surface area contributed by atoms with E-state index in [0.717, 1.165) is 48.2 Å². The van der Waals surface area contributed by atoms with E-state index < -0.39 is 5.54 Å². The molecule has 0 unspecified atom stereocenters. The first-order valence-corrected chi connectivity index (χ1v) is 14.5. The lowest BCUT2D eigenvalue weighted by Crippen LogP contribution is -2.57. The fraction of sp³-hybridized carbons (Fsp3) is 0.355. The zero-order valence-electron chi connectivity index (χ0n) is 22.8. The highest BCUT2D eigenvalue weighted by Crippen LogP contribution is 2.38. The number of amides is 2. The van der Waals surface area contributed by atoms with Crippen LogP contribution in [0.3, 0.4) is 0 Å². The first-order valence-electron chi connectivity index (χ1n) is 14.1. The van der Waals surface area contributed by atoms with Crippen molar-refractivity contribution >= 4 is 45.8 Å². The molecule has 1 aliphatic heterocycles. The summed E-state index contributed by atoms with van der Waals surface area (Å²) in [6.45, 7) is 3.38. The van der Waals surface area contributed by atoms with Gasteiger partial charge in [0.25, 0.3) is 0 Å². The van der Waals surface area contributed by atoms with E-state index in [1.807, 2.05) is 72.8 Å². The molecule has 2 aliphatic rings. The van der Waals surface area contributed by atoms with Crippen molar-refractivity contribution in [3.8, 4) is 0 Å². The number of aromatic nitrogens is 3. The van der Waals surface area contributed by atoms with Crippen LogP contribution in [0.4, 0.5) is 11.4 Å². The Hall–Kier alpha value is -3.95. The van der Waals surface area contributed by atoms with Gasteiger partial charge in [0.2, 0.25) is 11.8 Å². The molecule has 3 aromatic carbocycles. The minimum absolute atomic E-state index is 0.0165. The van der Waals surface area contributed by atoms with Gasteiger partial charge in [-0.25, -0.2) is 4.68 Å². The molecule has 1 aromatic heterocycles. The number of para-hydroxylation sites is 1. The highest BCUT2D eigenvalue weighted by Gasteiger charge is 2.48. The number of ether oxygens (including phenoxy) is 1. The molecular weight excluding hydrogens is 540 g/mol. The smallest absolute Gasteiger partial charge is 0.250 e. The Kier molecular flexibility index (Phi) is 7.89. The van der Waals surface area contributed by atoms with Crippen LogP contribution in [0.1, 0.15) is 31.2 Å². The minimum Gasteiger partial charge on any atom is -0.378 e. The van der Waals surface area contributed by atoms with Crippen molar-refractivity contribution in [3.05, 3.63) is 83.4 Å². The van der Waals surface area contributed by atoms with Gasteiger partial charge in [-0.05, 0) is 66.9 Å². The minimum atomic E-state index is -0.990. The number of carbonyl (C=O) groups is 2. The number of rotatable bonds is 8. The average Bonchev–Trinajstić information content (AvgIpc) is 3.66. The molecule has 10 heteroatoms. The molecule has 0 spiro atoms. The van der Waals surface area contributed by atoms with E-state index in [-0.39, 0.29) is 24.9 Å². The molecular formula is C31H33ClN6O3. The summed E-state index contributed by atoms with van der Waals surface area (Å²) in [5.74, 6) is -0.352.